The summed E-state index contributed by atoms with van der Waals surface area (Å²) in [5.74, 6) is -0.552. The molecule has 21 heavy (non-hydrogen) atoms. The van der Waals surface area contributed by atoms with Crippen LogP contribution in [0.3, 0.4) is 0 Å². The molecule has 0 aliphatic carbocycles. The fourth-order valence-corrected chi connectivity index (χ4v) is 3.49. The summed E-state index contributed by atoms with van der Waals surface area (Å²) in [7, 11) is -2.35. The van der Waals surface area contributed by atoms with Crippen molar-refractivity contribution in [3.63, 3.8) is 0 Å². The van der Waals surface area contributed by atoms with Crippen molar-refractivity contribution in [2.45, 2.75) is 23.8 Å². The van der Waals surface area contributed by atoms with Crippen LogP contribution in [0.5, 0.6) is 0 Å². The van der Waals surface area contributed by atoms with Crippen LogP contribution in [-0.4, -0.2) is 40.6 Å². The lowest BCUT2D eigenvalue weighted by molar-refractivity contribution is 0.0600. The average Bonchev–Trinajstić information content (AvgIpc) is 2.47. The van der Waals surface area contributed by atoms with Gasteiger partial charge in [-0.05, 0) is 44.1 Å². The van der Waals surface area contributed by atoms with Crippen LogP contribution in [0.1, 0.15) is 23.2 Å². The van der Waals surface area contributed by atoms with Crippen molar-refractivity contribution < 1.29 is 17.9 Å². The highest BCUT2D eigenvalue weighted by Crippen LogP contribution is 2.14. The largest absolute Gasteiger partial charge is 0.465 e. The summed E-state index contributed by atoms with van der Waals surface area (Å²) in [5.41, 5.74) is 0.223. The molecule has 1 aromatic carbocycles. The molecule has 2 N–H and O–H groups in total. The van der Waals surface area contributed by atoms with Crippen LogP contribution in [0.15, 0.2) is 29.2 Å². The fourth-order valence-electron chi connectivity index (χ4n) is 2.14. The summed E-state index contributed by atoms with van der Waals surface area (Å²) >= 11 is 0. The van der Waals surface area contributed by atoms with Crippen molar-refractivity contribution >= 4 is 28.4 Å². The van der Waals surface area contributed by atoms with E-state index in [1.807, 2.05) is 0 Å². The Hall–Kier alpha value is -1.15. The monoisotopic (exact) mass is 334 g/mol. The molecule has 0 spiro atoms. The van der Waals surface area contributed by atoms with Gasteiger partial charge in [-0.2, -0.15) is 0 Å². The van der Waals surface area contributed by atoms with Crippen LogP contribution in [0.4, 0.5) is 0 Å². The molecule has 0 unspecified atom stereocenters. The molecule has 1 aliphatic heterocycles. The van der Waals surface area contributed by atoms with Gasteiger partial charge in [-0.1, -0.05) is 6.07 Å². The molecule has 1 fully saturated rings. The maximum Gasteiger partial charge on any atom is 0.337 e. The van der Waals surface area contributed by atoms with Gasteiger partial charge in [0.1, 0.15) is 0 Å². The zero-order valence-corrected chi connectivity index (χ0v) is 13.3. The van der Waals surface area contributed by atoms with E-state index in [2.05, 4.69) is 14.8 Å². The molecular formula is C13H19ClN2O4S. The van der Waals surface area contributed by atoms with Crippen LogP contribution in [0, 0.1) is 0 Å². The predicted molar refractivity (Wildman–Crippen MR) is 81.2 cm³/mol. The summed E-state index contributed by atoms with van der Waals surface area (Å²) in [4.78, 5) is 11.5. The SMILES string of the molecule is COC(=O)c1cccc(S(=O)(=O)NC2CCNCC2)c1.Cl. The van der Waals surface area contributed by atoms with Crippen LogP contribution in [0.2, 0.25) is 0 Å². The first-order valence-corrected chi connectivity index (χ1v) is 7.92. The third kappa shape index (κ3) is 4.67. The van der Waals surface area contributed by atoms with Gasteiger partial charge in [0.2, 0.25) is 10.0 Å². The molecule has 1 aliphatic rings. The third-order valence-electron chi connectivity index (χ3n) is 3.23. The molecule has 0 saturated carbocycles. The van der Waals surface area contributed by atoms with Crippen molar-refractivity contribution in [3.05, 3.63) is 29.8 Å². The number of halogens is 1. The normalized spacial score (nSPS) is 16.0. The van der Waals surface area contributed by atoms with E-state index in [0.29, 0.717) is 0 Å². The molecule has 2 rings (SSSR count). The zero-order valence-electron chi connectivity index (χ0n) is 11.7. The highest BCUT2D eigenvalue weighted by atomic mass is 35.5. The Morgan fingerprint density at radius 1 is 1.33 bits per heavy atom. The minimum Gasteiger partial charge on any atom is -0.465 e. The Balaban J connectivity index is 0.00000220. The lowest BCUT2D eigenvalue weighted by Crippen LogP contribution is -2.42. The van der Waals surface area contributed by atoms with Crippen LogP contribution in [-0.2, 0) is 14.8 Å². The second-order valence-corrected chi connectivity index (χ2v) is 6.38. The van der Waals surface area contributed by atoms with Crippen LogP contribution in [0.25, 0.3) is 0 Å². The number of hydrogen-bond donors (Lipinski definition) is 2. The fraction of sp³-hybridized carbons (Fsp3) is 0.462. The number of esters is 1. The maximum atomic E-state index is 12.3. The highest BCUT2D eigenvalue weighted by Gasteiger charge is 2.22. The summed E-state index contributed by atoms with van der Waals surface area (Å²) in [6.07, 6.45) is 1.52. The number of carbonyl (C=O) groups excluding carboxylic acids is 1. The van der Waals surface area contributed by atoms with Crippen molar-refractivity contribution in [3.8, 4) is 0 Å². The first-order valence-electron chi connectivity index (χ1n) is 6.44. The first kappa shape index (κ1) is 17.9. The summed E-state index contributed by atoms with van der Waals surface area (Å²) < 4.78 is 31.8. The van der Waals surface area contributed by atoms with E-state index < -0.39 is 16.0 Å². The van der Waals surface area contributed by atoms with Crippen LogP contribution < -0.4 is 10.0 Å². The summed E-state index contributed by atoms with van der Waals surface area (Å²) in [6, 6.07) is 5.78. The minimum atomic E-state index is -3.61. The summed E-state index contributed by atoms with van der Waals surface area (Å²) in [5, 5.41) is 3.18. The molecule has 0 radical (unpaired) electrons. The number of hydrogen-bond acceptors (Lipinski definition) is 5. The molecule has 0 bridgehead atoms. The van der Waals surface area contributed by atoms with E-state index in [1.54, 1.807) is 0 Å². The molecule has 118 valence electrons. The Morgan fingerprint density at radius 3 is 2.62 bits per heavy atom. The lowest BCUT2D eigenvalue weighted by atomic mass is 10.1. The van der Waals surface area contributed by atoms with E-state index in [9.17, 15) is 13.2 Å². The van der Waals surface area contributed by atoms with Gasteiger partial charge in [0.25, 0.3) is 0 Å². The standard InChI is InChI=1S/C13H18N2O4S.ClH/c1-19-13(16)10-3-2-4-12(9-10)20(17,18)15-11-5-7-14-8-6-11;/h2-4,9,11,14-15H,5-8H2,1H3;1H. The maximum absolute atomic E-state index is 12.3. The van der Waals surface area contributed by atoms with E-state index in [1.165, 1.54) is 31.4 Å². The van der Waals surface area contributed by atoms with Crippen LogP contribution >= 0.6 is 12.4 Å². The Kier molecular flexibility index (Phi) is 6.60. The van der Waals surface area contributed by atoms with Gasteiger partial charge in [-0.15, -0.1) is 12.4 Å². The molecule has 6 nitrogen and oxygen atoms in total. The number of nitrogens with one attached hydrogen (secondary N) is 2. The Bertz CT molecular complexity index is 586. The Labute approximate surface area is 130 Å². The van der Waals surface area contributed by atoms with Gasteiger partial charge >= 0.3 is 5.97 Å². The van der Waals surface area contributed by atoms with Gasteiger partial charge in [0, 0.05) is 6.04 Å². The second-order valence-electron chi connectivity index (χ2n) is 4.66. The van der Waals surface area contributed by atoms with Crippen molar-refractivity contribution in [1.82, 2.24) is 10.0 Å². The number of carbonyl (C=O) groups is 1. The van der Waals surface area contributed by atoms with E-state index in [0.717, 1.165) is 25.9 Å². The number of sulfonamides is 1. The highest BCUT2D eigenvalue weighted by molar-refractivity contribution is 7.89. The molecular weight excluding hydrogens is 316 g/mol. The quantitative estimate of drug-likeness (QED) is 0.800. The number of methoxy groups -OCH3 is 1. The van der Waals surface area contributed by atoms with E-state index in [-0.39, 0.29) is 28.9 Å². The first-order chi connectivity index (χ1) is 9.53. The van der Waals surface area contributed by atoms with E-state index in [4.69, 9.17) is 0 Å². The predicted octanol–water partition coefficient (Wildman–Crippen LogP) is 0.925. The number of benzene rings is 1. The van der Waals surface area contributed by atoms with E-state index >= 15 is 0 Å². The molecule has 1 saturated heterocycles. The van der Waals surface area contributed by atoms with Gasteiger partial charge in [-0.3, -0.25) is 0 Å². The average molecular weight is 335 g/mol. The number of ether oxygens (including phenoxy) is 1. The number of piperidine rings is 1. The van der Waals surface area contributed by atoms with Gasteiger partial charge in [0.15, 0.2) is 0 Å². The third-order valence-corrected chi connectivity index (χ3v) is 4.74. The molecule has 0 aromatic heterocycles. The lowest BCUT2D eigenvalue weighted by Gasteiger charge is -2.23. The van der Waals surface area contributed by atoms with Gasteiger partial charge < -0.3 is 10.1 Å². The topological polar surface area (TPSA) is 84.5 Å². The van der Waals surface area contributed by atoms with Crippen molar-refractivity contribution in [2.24, 2.45) is 0 Å². The smallest absolute Gasteiger partial charge is 0.337 e. The molecule has 8 heteroatoms. The van der Waals surface area contributed by atoms with Crippen molar-refractivity contribution in [2.75, 3.05) is 20.2 Å². The molecule has 0 amide bonds. The minimum absolute atomic E-state index is 0. The van der Waals surface area contributed by atoms with Gasteiger partial charge in [-0.25, -0.2) is 17.9 Å². The van der Waals surface area contributed by atoms with Gasteiger partial charge in [0.05, 0.1) is 17.6 Å². The molecule has 0 atom stereocenters. The molecule has 1 heterocycles. The second kappa shape index (κ2) is 7.74. The number of rotatable bonds is 4. The zero-order chi connectivity index (χ0) is 14.6. The Morgan fingerprint density at radius 2 is 2.00 bits per heavy atom. The molecule has 1 aromatic rings. The summed E-state index contributed by atoms with van der Waals surface area (Å²) in [6.45, 7) is 1.60. The van der Waals surface area contributed by atoms with Crippen molar-refractivity contribution in [1.29, 1.82) is 0 Å².